The summed E-state index contributed by atoms with van der Waals surface area (Å²) in [5.41, 5.74) is 0.785. The molecule has 0 saturated heterocycles. The van der Waals surface area contributed by atoms with Crippen LogP contribution in [0.3, 0.4) is 0 Å². The molecule has 0 saturated carbocycles. The maximum atomic E-state index is 10.9. The lowest BCUT2D eigenvalue weighted by molar-refractivity contribution is 0.131. The van der Waals surface area contributed by atoms with Gasteiger partial charge in [0.2, 0.25) is 0 Å². The molecule has 0 heterocycles. The molecular weight excluding hydrogens is 264 g/mol. The molecule has 2 atom stereocenters. The van der Waals surface area contributed by atoms with E-state index in [1.54, 1.807) is 31.2 Å². The van der Waals surface area contributed by atoms with Gasteiger partial charge >= 0.3 is 0 Å². The van der Waals surface area contributed by atoms with Crippen molar-refractivity contribution in [2.45, 2.75) is 18.9 Å². The van der Waals surface area contributed by atoms with Crippen molar-refractivity contribution in [1.29, 1.82) is 0 Å². The van der Waals surface area contributed by atoms with Crippen LogP contribution < -0.4 is 0 Å². The van der Waals surface area contributed by atoms with Crippen molar-refractivity contribution in [3.63, 3.8) is 0 Å². The van der Waals surface area contributed by atoms with E-state index >= 15 is 0 Å². The molecule has 17 heavy (non-hydrogen) atoms. The number of hydrogen-bond acceptors (Lipinski definition) is 4. The second-order valence-electron chi connectivity index (χ2n) is 3.89. The standard InChI is InChI=1S/C11H15ClO4S/c1-8(13)11(7-16-17(2,14)15)9-3-5-10(12)6-4-9/h3-6,8,11,13H,7H2,1-2H3/t8-,11?/m0/s1. The maximum absolute atomic E-state index is 10.9. The van der Waals surface area contributed by atoms with E-state index in [9.17, 15) is 13.5 Å². The van der Waals surface area contributed by atoms with Crippen LogP contribution in [0.4, 0.5) is 0 Å². The summed E-state index contributed by atoms with van der Waals surface area (Å²) in [6.45, 7) is 1.50. The highest BCUT2D eigenvalue weighted by Crippen LogP contribution is 2.22. The van der Waals surface area contributed by atoms with E-state index in [4.69, 9.17) is 15.8 Å². The second kappa shape index (κ2) is 5.82. The Bertz CT molecular complexity index is 453. The van der Waals surface area contributed by atoms with Gasteiger partial charge in [-0.2, -0.15) is 8.42 Å². The fraction of sp³-hybridized carbons (Fsp3) is 0.455. The molecule has 0 fully saturated rings. The third-order valence-electron chi connectivity index (χ3n) is 2.34. The Labute approximate surface area is 106 Å². The van der Waals surface area contributed by atoms with Crippen molar-refractivity contribution >= 4 is 21.7 Å². The van der Waals surface area contributed by atoms with E-state index in [1.165, 1.54) is 0 Å². The Morgan fingerprint density at radius 2 is 1.88 bits per heavy atom. The number of benzene rings is 1. The summed E-state index contributed by atoms with van der Waals surface area (Å²) in [5, 5.41) is 10.2. The molecule has 6 heteroatoms. The molecule has 0 amide bonds. The van der Waals surface area contributed by atoms with Gasteiger partial charge in [0.15, 0.2) is 0 Å². The number of aliphatic hydroxyl groups is 1. The molecule has 1 aromatic rings. The Balaban J connectivity index is 2.83. The summed E-state index contributed by atoms with van der Waals surface area (Å²) in [4.78, 5) is 0. The minimum absolute atomic E-state index is 0.0852. The van der Waals surface area contributed by atoms with Gasteiger partial charge in [0.25, 0.3) is 10.1 Å². The van der Waals surface area contributed by atoms with E-state index < -0.39 is 22.1 Å². The van der Waals surface area contributed by atoms with Gasteiger partial charge < -0.3 is 5.11 Å². The van der Waals surface area contributed by atoms with E-state index in [0.717, 1.165) is 11.8 Å². The Morgan fingerprint density at radius 1 is 1.35 bits per heavy atom. The van der Waals surface area contributed by atoms with Crippen LogP contribution in [0, 0.1) is 0 Å². The van der Waals surface area contributed by atoms with Gasteiger partial charge in [-0.15, -0.1) is 0 Å². The van der Waals surface area contributed by atoms with Crippen LogP contribution in [0.5, 0.6) is 0 Å². The molecule has 0 aliphatic heterocycles. The van der Waals surface area contributed by atoms with Gasteiger partial charge in [-0.1, -0.05) is 23.7 Å². The highest BCUT2D eigenvalue weighted by molar-refractivity contribution is 7.85. The average Bonchev–Trinajstić information content (AvgIpc) is 2.18. The first-order chi connectivity index (χ1) is 7.79. The summed E-state index contributed by atoms with van der Waals surface area (Å²) in [5.74, 6) is -0.401. The van der Waals surface area contributed by atoms with Crippen molar-refractivity contribution in [2.24, 2.45) is 0 Å². The van der Waals surface area contributed by atoms with Crippen LogP contribution in [0.15, 0.2) is 24.3 Å². The van der Waals surface area contributed by atoms with E-state index in [1.807, 2.05) is 0 Å². The molecular formula is C11H15ClO4S. The van der Waals surface area contributed by atoms with Crippen LogP contribution in [0.1, 0.15) is 18.4 Å². The quantitative estimate of drug-likeness (QED) is 0.834. The van der Waals surface area contributed by atoms with Crippen LogP contribution in [0.2, 0.25) is 5.02 Å². The summed E-state index contributed by atoms with van der Waals surface area (Å²) < 4.78 is 26.6. The SMILES string of the molecule is C[C@H](O)C(COS(C)(=O)=O)c1ccc(Cl)cc1. The molecule has 1 rings (SSSR count). The van der Waals surface area contributed by atoms with Gasteiger partial charge in [-0.25, -0.2) is 0 Å². The summed E-state index contributed by atoms with van der Waals surface area (Å²) in [6.07, 6.45) is 0.270. The molecule has 1 N–H and O–H groups in total. The topological polar surface area (TPSA) is 63.6 Å². The normalized spacial score (nSPS) is 15.5. The lowest BCUT2D eigenvalue weighted by atomic mass is 9.95. The Morgan fingerprint density at radius 3 is 2.29 bits per heavy atom. The fourth-order valence-electron chi connectivity index (χ4n) is 1.42. The number of hydrogen-bond donors (Lipinski definition) is 1. The molecule has 0 aliphatic carbocycles. The molecule has 4 nitrogen and oxygen atoms in total. The number of rotatable bonds is 5. The van der Waals surface area contributed by atoms with Crippen LogP contribution in [0.25, 0.3) is 0 Å². The zero-order valence-corrected chi connectivity index (χ0v) is 11.2. The Kier molecular flexibility index (Phi) is 4.94. The smallest absolute Gasteiger partial charge is 0.264 e. The monoisotopic (exact) mass is 278 g/mol. The van der Waals surface area contributed by atoms with Gasteiger partial charge in [0.05, 0.1) is 19.0 Å². The zero-order chi connectivity index (χ0) is 13.1. The van der Waals surface area contributed by atoms with Crippen molar-refractivity contribution < 1.29 is 17.7 Å². The van der Waals surface area contributed by atoms with Crippen LogP contribution in [-0.4, -0.2) is 32.5 Å². The van der Waals surface area contributed by atoms with Crippen molar-refractivity contribution in [3.8, 4) is 0 Å². The molecule has 0 aromatic heterocycles. The summed E-state index contributed by atoms with van der Waals surface area (Å²) >= 11 is 5.76. The number of halogens is 1. The molecule has 0 spiro atoms. The van der Waals surface area contributed by atoms with Crippen molar-refractivity contribution in [2.75, 3.05) is 12.9 Å². The lowest BCUT2D eigenvalue weighted by Crippen LogP contribution is -2.21. The third-order valence-corrected chi connectivity index (χ3v) is 3.16. The molecule has 96 valence electrons. The summed E-state index contributed by atoms with van der Waals surface area (Å²) in [6, 6.07) is 6.86. The van der Waals surface area contributed by atoms with Gasteiger partial charge in [-0.05, 0) is 24.6 Å². The van der Waals surface area contributed by atoms with Gasteiger partial charge in [0.1, 0.15) is 0 Å². The second-order valence-corrected chi connectivity index (χ2v) is 5.97. The van der Waals surface area contributed by atoms with Gasteiger partial charge in [-0.3, -0.25) is 4.18 Å². The Hall–Kier alpha value is -0.620. The fourth-order valence-corrected chi connectivity index (χ4v) is 1.94. The highest BCUT2D eigenvalue weighted by atomic mass is 35.5. The predicted molar refractivity (Wildman–Crippen MR) is 66.7 cm³/mol. The lowest BCUT2D eigenvalue weighted by Gasteiger charge is -2.19. The van der Waals surface area contributed by atoms with Crippen LogP contribution in [-0.2, 0) is 14.3 Å². The van der Waals surface area contributed by atoms with E-state index in [-0.39, 0.29) is 6.61 Å². The highest BCUT2D eigenvalue weighted by Gasteiger charge is 2.19. The largest absolute Gasteiger partial charge is 0.393 e. The predicted octanol–water partition coefficient (Wildman–Crippen LogP) is 1.78. The first-order valence-electron chi connectivity index (χ1n) is 5.07. The van der Waals surface area contributed by atoms with E-state index in [2.05, 4.69) is 0 Å². The molecule has 1 unspecified atom stereocenters. The first-order valence-corrected chi connectivity index (χ1v) is 7.27. The zero-order valence-electron chi connectivity index (χ0n) is 9.63. The van der Waals surface area contributed by atoms with E-state index in [0.29, 0.717) is 5.02 Å². The minimum atomic E-state index is -3.51. The third kappa shape index (κ3) is 5.04. The molecule has 0 bridgehead atoms. The molecule has 0 radical (unpaired) electrons. The average molecular weight is 279 g/mol. The maximum Gasteiger partial charge on any atom is 0.264 e. The van der Waals surface area contributed by atoms with Crippen molar-refractivity contribution in [1.82, 2.24) is 0 Å². The first kappa shape index (κ1) is 14.4. The summed E-state index contributed by atoms with van der Waals surface area (Å²) in [7, 11) is -3.51. The van der Waals surface area contributed by atoms with Crippen molar-refractivity contribution in [3.05, 3.63) is 34.9 Å². The minimum Gasteiger partial charge on any atom is -0.393 e. The number of aliphatic hydroxyl groups excluding tert-OH is 1. The molecule has 1 aromatic carbocycles. The van der Waals surface area contributed by atoms with Gasteiger partial charge in [0, 0.05) is 10.9 Å². The molecule has 0 aliphatic rings. The van der Waals surface area contributed by atoms with Crippen LogP contribution >= 0.6 is 11.6 Å².